The number of hydrogen-bond donors (Lipinski definition) is 1. The Morgan fingerprint density at radius 3 is 2.82 bits per heavy atom. The molecule has 114 valence electrons. The summed E-state index contributed by atoms with van der Waals surface area (Å²) in [4.78, 5) is 8.93. The highest BCUT2D eigenvalue weighted by atomic mass is 32.1. The second kappa shape index (κ2) is 6.85. The molecule has 0 bridgehead atoms. The molecule has 1 N–H and O–H groups in total. The Labute approximate surface area is 134 Å². The van der Waals surface area contributed by atoms with E-state index in [1.54, 1.807) is 17.5 Å². The number of nitrogens with one attached hydrogen (secondary N) is 1. The maximum absolute atomic E-state index is 5.79. The summed E-state index contributed by atoms with van der Waals surface area (Å²) in [5.74, 6) is 1.49. The molecule has 1 atom stereocenters. The Morgan fingerprint density at radius 1 is 1.27 bits per heavy atom. The predicted molar refractivity (Wildman–Crippen MR) is 88.7 cm³/mol. The lowest BCUT2D eigenvalue weighted by Gasteiger charge is -2.09. The average Bonchev–Trinajstić information content (AvgIpc) is 3.22. The van der Waals surface area contributed by atoms with Gasteiger partial charge in [0.1, 0.15) is 0 Å². The van der Waals surface area contributed by atoms with E-state index < -0.39 is 0 Å². The van der Waals surface area contributed by atoms with Crippen molar-refractivity contribution < 1.29 is 4.42 Å². The maximum atomic E-state index is 5.79. The molecule has 22 heavy (non-hydrogen) atoms. The molecule has 5 heteroatoms. The normalized spacial score (nSPS) is 12.5. The van der Waals surface area contributed by atoms with Gasteiger partial charge < -0.3 is 9.73 Å². The van der Waals surface area contributed by atoms with Crippen LogP contribution >= 0.6 is 11.3 Å². The third-order valence-corrected chi connectivity index (χ3v) is 4.50. The van der Waals surface area contributed by atoms with Crippen molar-refractivity contribution in [1.82, 2.24) is 15.3 Å². The van der Waals surface area contributed by atoms with Gasteiger partial charge in [0.15, 0.2) is 5.76 Å². The third kappa shape index (κ3) is 3.43. The number of aryl methyl sites for hydroxylation is 1. The van der Waals surface area contributed by atoms with Crippen LogP contribution in [0.1, 0.15) is 36.5 Å². The molecule has 0 radical (unpaired) electrons. The minimum absolute atomic E-state index is 0.184. The summed E-state index contributed by atoms with van der Waals surface area (Å²) >= 11 is 1.71. The summed E-state index contributed by atoms with van der Waals surface area (Å²) < 4.78 is 5.79. The molecule has 0 aliphatic rings. The van der Waals surface area contributed by atoms with E-state index >= 15 is 0 Å². The van der Waals surface area contributed by atoms with Crippen LogP contribution in [0.2, 0.25) is 0 Å². The fraction of sp³-hybridized carbons (Fsp3) is 0.294. The molecule has 0 fully saturated rings. The Morgan fingerprint density at radius 2 is 2.09 bits per heavy atom. The van der Waals surface area contributed by atoms with E-state index in [1.165, 1.54) is 5.01 Å². The van der Waals surface area contributed by atoms with Crippen LogP contribution in [0.15, 0.2) is 46.3 Å². The number of thiazole rings is 1. The first kappa shape index (κ1) is 14.9. The Bertz CT molecular complexity index is 720. The minimum Gasteiger partial charge on any atom is -0.439 e. The highest BCUT2D eigenvalue weighted by molar-refractivity contribution is 7.09. The number of rotatable bonds is 6. The van der Waals surface area contributed by atoms with E-state index in [0.717, 1.165) is 23.4 Å². The van der Waals surface area contributed by atoms with Crippen molar-refractivity contribution in [3.8, 4) is 11.3 Å². The number of oxazole rings is 1. The van der Waals surface area contributed by atoms with E-state index in [9.17, 15) is 0 Å². The van der Waals surface area contributed by atoms with E-state index in [1.807, 2.05) is 30.3 Å². The molecule has 4 nitrogen and oxygen atoms in total. The molecule has 0 spiro atoms. The van der Waals surface area contributed by atoms with Crippen LogP contribution in [-0.4, -0.2) is 9.97 Å². The smallest absolute Gasteiger partial charge is 0.208 e. The van der Waals surface area contributed by atoms with Crippen LogP contribution < -0.4 is 5.32 Å². The predicted octanol–water partition coefficient (Wildman–Crippen LogP) is 4.21. The first-order valence-electron chi connectivity index (χ1n) is 7.44. The third-order valence-electron chi connectivity index (χ3n) is 3.49. The van der Waals surface area contributed by atoms with Gasteiger partial charge in [0.2, 0.25) is 5.89 Å². The van der Waals surface area contributed by atoms with Crippen molar-refractivity contribution in [1.29, 1.82) is 0 Å². The number of benzene rings is 1. The fourth-order valence-electron chi connectivity index (χ4n) is 2.16. The average molecular weight is 313 g/mol. The van der Waals surface area contributed by atoms with Gasteiger partial charge in [-0.2, -0.15) is 0 Å². The van der Waals surface area contributed by atoms with Crippen LogP contribution in [0.4, 0.5) is 0 Å². The van der Waals surface area contributed by atoms with Gasteiger partial charge >= 0.3 is 0 Å². The number of hydrogen-bond acceptors (Lipinski definition) is 5. The van der Waals surface area contributed by atoms with Crippen LogP contribution in [0.25, 0.3) is 11.3 Å². The van der Waals surface area contributed by atoms with Gasteiger partial charge in [0, 0.05) is 17.0 Å². The monoisotopic (exact) mass is 313 g/mol. The van der Waals surface area contributed by atoms with Crippen molar-refractivity contribution in [2.75, 3.05) is 0 Å². The zero-order valence-electron chi connectivity index (χ0n) is 12.7. The van der Waals surface area contributed by atoms with Gasteiger partial charge in [-0.3, -0.25) is 0 Å². The highest BCUT2D eigenvalue weighted by Gasteiger charge is 2.11. The molecule has 0 saturated heterocycles. The first-order chi connectivity index (χ1) is 10.8. The molecule has 0 unspecified atom stereocenters. The standard InChI is InChI=1S/C17H19N3OS/c1-3-17-20-14(11-22-17)12(2)18-10-16-19-9-15(21-16)13-7-5-4-6-8-13/h4-9,11-12,18H,3,10H2,1-2H3/t12-/m1/s1. The highest BCUT2D eigenvalue weighted by Crippen LogP contribution is 2.21. The summed E-state index contributed by atoms with van der Waals surface area (Å²) in [7, 11) is 0. The molecule has 3 rings (SSSR count). The summed E-state index contributed by atoms with van der Waals surface area (Å²) in [6.45, 7) is 4.82. The molecule has 0 aliphatic heterocycles. The molecule has 2 aromatic heterocycles. The van der Waals surface area contributed by atoms with Gasteiger partial charge in [-0.1, -0.05) is 37.3 Å². The minimum atomic E-state index is 0.184. The molecular formula is C17H19N3OS. The first-order valence-corrected chi connectivity index (χ1v) is 8.32. The second-order valence-corrected chi connectivity index (χ2v) is 6.05. The summed E-state index contributed by atoms with van der Waals surface area (Å²) in [5.41, 5.74) is 2.12. The van der Waals surface area contributed by atoms with Crippen molar-refractivity contribution in [3.05, 3.63) is 58.5 Å². The molecular weight excluding hydrogens is 294 g/mol. The Balaban J connectivity index is 1.61. The van der Waals surface area contributed by atoms with Gasteiger partial charge in [0.05, 0.1) is 23.4 Å². The van der Waals surface area contributed by atoms with Gasteiger partial charge in [-0.05, 0) is 13.3 Å². The summed E-state index contributed by atoms with van der Waals surface area (Å²) in [5, 5.41) is 6.69. The molecule has 0 saturated carbocycles. The van der Waals surface area contributed by atoms with Crippen LogP contribution in [0.5, 0.6) is 0 Å². The molecule has 2 heterocycles. The van der Waals surface area contributed by atoms with Crippen LogP contribution in [-0.2, 0) is 13.0 Å². The quantitative estimate of drug-likeness (QED) is 0.740. The van der Waals surface area contributed by atoms with Crippen molar-refractivity contribution in [2.45, 2.75) is 32.9 Å². The van der Waals surface area contributed by atoms with Crippen molar-refractivity contribution in [3.63, 3.8) is 0 Å². The lowest BCUT2D eigenvalue weighted by Crippen LogP contribution is -2.18. The van der Waals surface area contributed by atoms with Crippen LogP contribution in [0.3, 0.4) is 0 Å². The Hall–Kier alpha value is -1.98. The van der Waals surface area contributed by atoms with E-state index in [0.29, 0.717) is 12.4 Å². The van der Waals surface area contributed by atoms with Crippen molar-refractivity contribution >= 4 is 11.3 Å². The lowest BCUT2D eigenvalue weighted by molar-refractivity contribution is 0.451. The summed E-state index contributed by atoms with van der Waals surface area (Å²) in [6, 6.07) is 10.2. The van der Waals surface area contributed by atoms with Crippen molar-refractivity contribution in [2.24, 2.45) is 0 Å². The van der Waals surface area contributed by atoms with E-state index in [-0.39, 0.29) is 6.04 Å². The second-order valence-electron chi connectivity index (χ2n) is 5.11. The summed E-state index contributed by atoms with van der Waals surface area (Å²) in [6.07, 6.45) is 2.76. The topological polar surface area (TPSA) is 51.0 Å². The lowest BCUT2D eigenvalue weighted by atomic mass is 10.2. The fourth-order valence-corrected chi connectivity index (χ4v) is 3.00. The molecule has 1 aromatic carbocycles. The van der Waals surface area contributed by atoms with E-state index in [2.05, 4.69) is 34.5 Å². The molecule has 0 amide bonds. The zero-order chi connectivity index (χ0) is 15.4. The maximum Gasteiger partial charge on any atom is 0.208 e. The molecule has 3 aromatic rings. The Kier molecular flexibility index (Phi) is 4.65. The largest absolute Gasteiger partial charge is 0.439 e. The molecule has 0 aliphatic carbocycles. The van der Waals surface area contributed by atoms with Gasteiger partial charge in [-0.15, -0.1) is 11.3 Å². The number of nitrogens with zero attached hydrogens (tertiary/aromatic N) is 2. The van der Waals surface area contributed by atoms with Gasteiger partial charge in [-0.25, -0.2) is 9.97 Å². The van der Waals surface area contributed by atoms with E-state index in [4.69, 9.17) is 4.42 Å². The number of aromatic nitrogens is 2. The van der Waals surface area contributed by atoms with Crippen LogP contribution in [0, 0.1) is 0 Å². The SMILES string of the molecule is CCc1nc([C@@H](C)NCc2ncc(-c3ccccc3)o2)cs1. The zero-order valence-corrected chi connectivity index (χ0v) is 13.6. The van der Waals surface area contributed by atoms with Gasteiger partial charge in [0.25, 0.3) is 0 Å².